The molecule has 1 amide bonds. The van der Waals surface area contributed by atoms with E-state index >= 15 is 0 Å². The van der Waals surface area contributed by atoms with Crippen LogP contribution in [0.4, 0.5) is 0 Å². The van der Waals surface area contributed by atoms with Crippen LogP contribution in [0.25, 0.3) is 10.9 Å². The van der Waals surface area contributed by atoms with E-state index in [2.05, 4.69) is 32.3 Å². The molecular weight excluding hydrogens is 392 g/mol. The fraction of sp³-hybridized carbons (Fsp3) is 0.167. The zero-order valence-corrected chi connectivity index (χ0v) is 15.2. The van der Waals surface area contributed by atoms with Gasteiger partial charge in [-0.3, -0.25) is 4.79 Å². The molecule has 0 bridgehead atoms. The van der Waals surface area contributed by atoms with Crippen molar-refractivity contribution in [1.29, 1.82) is 0 Å². The second-order valence-electron chi connectivity index (χ2n) is 5.32. The van der Waals surface area contributed by atoms with Gasteiger partial charge in [-0.1, -0.05) is 45.7 Å². The third-order valence-electron chi connectivity index (χ3n) is 3.64. The van der Waals surface area contributed by atoms with Gasteiger partial charge in [0.25, 0.3) is 5.91 Å². The van der Waals surface area contributed by atoms with Gasteiger partial charge in [-0.25, -0.2) is 0 Å². The highest BCUT2D eigenvalue weighted by atomic mass is 79.9. The summed E-state index contributed by atoms with van der Waals surface area (Å²) in [6.07, 6.45) is 2.74. The van der Waals surface area contributed by atoms with Gasteiger partial charge >= 0.3 is 0 Å². The van der Waals surface area contributed by atoms with Crippen LogP contribution in [0.1, 0.15) is 5.56 Å². The van der Waals surface area contributed by atoms with Crippen LogP contribution >= 0.6 is 27.5 Å². The molecule has 0 saturated carbocycles. The van der Waals surface area contributed by atoms with E-state index in [9.17, 15) is 4.79 Å². The van der Waals surface area contributed by atoms with Gasteiger partial charge in [0.05, 0.1) is 5.02 Å². The van der Waals surface area contributed by atoms with Crippen LogP contribution in [0.3, 0.4) is 0 Å². The van der Waals surface area contributed by atoms with Gasteiger partial charge in [0.1, 0.15) is 5.75 Å². The Kier molecular flexibility index (Phi) is 5.43. The second-order valence-corrected chi connectivity index (χ2v) is 6.65. The van der Waals surface area contributed by atoms with Crippen LogP contribution in [0.5, 0.6) is 5.75 Å². The van der Waals surface area contributed by atoms with Crippen molar-refractivity contribution in [2.75, 3.05) is 13.2 Å². The minimum absolute atomic E-state index is 0.0603. The Morgan fingerprint density at radius 2 is 2.08 bits per heavy atom. The summed E-state index contributed by atoms with van der Waals surface area (Å²) in [4.78, 5) is 15.1. The normalized spacial score (nSPS) is 10.8. The average Bonchev–Trinajstić information content (AvgIpc) is 2.97. The van der Waals surface area contributed by atoms with E-state index < -0.39 is 0 Å². The predicted octanol–water partition coefficient (Wildman–Crippen LogP) is 4.32. The first-order valence-corrected chi connectivity index (χ1v) is 8.70. The molecule has 0 aliphatic carbocycles. The Morgan fingerprint density at radius 3 is 2.92 bits per heavy atom. The molecule has 0 spiro atoms. The van der Waals surface area contributed by atoms with Crippen LogP contribution < -0.4 is 10.1 Å². The number of benzene rings is 2. The summed E-state index contributed by atoms with van der Waals surface area (Å²) in [7, 11) is 0. The molecule has 24 heavy (non-hydrogen) atoms. The summed E-state index contributed by atoms with van der Waals surface area (Å²) >= 11 is 9.37. The number of hydrogen-bond donors (Lipinski definition) is 2. The fourth-order valence-corrected chi connectivity index (χ4v) is 3.19. The van der Waals surface area contributed by atoms with Crippen LogP contribution in [0, 0.1) is 0 Å². The molecule has 1 heterocycles. The number of nitrogens with one attached hydrogen (secondary N) is 2. The van der Waals surface area contributed by atoms with Crippen LogP contribution in [-0.2, 0) is 11.2 Å². The van der Waals surface area contributed by atoms with Crippen molar-refractivity contribution in [3.63, 3.8) is 0 Å². The van der Waals surface area contributed by atoms with E-state index in [4.69, 9.17) is 16.3 Å². The number of para-hydroxylation sites is 1. The molecule has 1 aromatic heterocycles. The summed E-state index contributed by atoms with van der Waals surface area (Å²) in [6.45, 7) is 0.493. The molecule has 0 saturated heterocycles. The quantitative estimate of drug-likeness (QED) is 0.639. The zero-order valence-electron chi connectivity index (χ0n) is 12.8. The molecule has 0 atom stereocenters. The van der Waals surface area contributed by atoms with Crippen LogP contribution in [-0.4, -0.2) is 24.0 Å². The summed E-state index contributed by atoms with van der Waals surface area (Å²) < 4.78 is 6.30. The minimum Gasteiger partial charge on any atom is -0.482 e. The number of hydrogen-bond acceptors (Lipinski definition) is 2. The molecule has 0 fully saturated rings. The van der Waals surface area contributed by atoms with Gasteiger partial charge in [-0.05, 0) is 36.2 Å². The molecule has 0 aliphatic rings. The number of carbonyl (C=O) groups excluding carboxylic acids is 1. The molecular formula is C18H16BrClN2O2. The monoisotopic (exact) mass is 406 g/mol. The Bertz CT molecular complexity index is 863. The lowest BCUT2D eigenvalue weighted by atomic mass is 10.1. The Morgan fingerprint density at radius 1 is 1.25 bits per heavy atom. The summed E-state index contributed by atoms with van der Waals surface area (Å²) in [5.41, 5.74) is 2.29. The second kappa shape index (κ2) is 7.73. The Labute approximate surface area is 153 Å². The number of ether oxygens (including phenoxy) is 1. The zero-order chi connectivity index (χ0) is 16.9. The number of H-pyrrole nitrogens is 1. The third kappa shape index (κ3) is 4.10. The highest BCUT2D eigenvalue weighted by molar-refractivity contribution is 9.10. The third-order valence-corrected chi connectivity index (χ3v) is 4.43. The van der Waals surface area contributed by atoms with Crippen molar-refractivity contribution in [3.8, 4) is 5.75 Å². The predicted molar refractivity (Wildman–Crippen MR) is 99.7 cm³/mol. The first-order valence-electron chi connectivity index (χ1n) is 7.53. The molecule has 6 heteroatoms. The Balaban J connectivity index is 1.47. The van der Waals surface area contributed by atoms with Crippen LogP contribution in [0.15, 0.2) is 53.1 Å². The number of fused-ring (bicyclic) bond motifs is 1. The summed E-state index contributed by atoms with van der Waals surface area (Å²) in [5.74, 6) is 0.320. The van der Waals surface area contributed by atoms with Gasteiger partial charge < -0.3 is 15.0 Å². The number of amides is 1. The highest BCUT2D eigenvalue weighted by Gasteiger charge is 2.07. The molecule has 124 valence electrons. The Hall–Kier alpha value is -1.98. The number of aromatic amines is 1. The molecule has 0 unspecified atom stereocenters. The topological polar surface area (TPSA) is 54.1 Å². The van der Waals surface area contributed by atoms with Crippen molar-refractivity contribution >= 4 is 44.3 Å². The first kappa shape index (κ1) is 16.9. The molecule has 0 radical (unpaired) electrons. The van der Waals surface area contributed by atoms with Crippen molar-refractivity contribution < 1.29 is 9.53 Å². The van der Waals surface area contributed by atoms with Crippen molar-refractivity contribution in [2.24, 2.45) is 0 Å². The van der Waals surface area contributed by atoms with Crippen molar-refractivity contribution in [2.45, 2.75) is 6.42 Å². The summed E-state index contributed by atoms with van der Waals surface area (Å²) in [5, 5.41) is 4.51. The number of carbonyl (C=O) groups is 1. The van der Waals surface area contributed by atoms with E-state index in [0.29, 0.717) is 17.3 Å². The van der Waals surface area contributed by atoms with Crippen molar-refractivity contribution in [1.82, 2.24) is 10.3 Å². The number of aromatic nitrogens is 1. The SMILES string of the molecule is O=C(COc1ccc(Br)cc1Cl)NCCc1c[nH]c2ccccc12. The maximum atomic E-state index is 11.9. The lowest BCUT2D eigenvalue weighted by molar-refractivity contribution is -0.123. The van der Waals surface area contributed by atoms with E-state index in [1.54, 1.807) is 12.1 Å². The van der Waals surface area contributed by atoms with E-state index in [1.165, 1.54) is 10.9 Å². The maximum absolute atomic E-state index is 11.9. The smallest absolute Gasteiger partial charge is 0.257 e. The maximum Gasteiger partial charge on any atom is 0.257 e. The minimum atomic E-state index is -0.172. The lowest BCUT2D eigenvalue weighted by Gasteiger charge is -2.09. The van der Waals surface area contributed by atoms with Gasteiger partial charge in [0.2, 0.25) is 0 Å². The van der Waals surface area contributed by atoms with Crippen LogP contribution in [0.2, 0.25) is 5.02 Å². The molecule has 2 N–H and O–H groups in total. The fourth-order valence-electron chi connectivity index (χ4n) is 2.46. The molecule has 4 nitrogen and oxygen atoms in total. The van der Waals surface area contributed by atoms with Gasteiger partial charge in [-0.2, -0.15) is 0 Å². The number of halogens is 2. The van der Waals surface area contributed by atoms with Gasteiger partial charge in [0, 0.05) is 28.1 Å². The average molecular weight is 408 g/mol. The van der Waals surface area contributed by atoms with Gasteiger partial charge in [0.15, 0.2) is 6.61 Å². The van der Waals surface area contributed by atoms with Crippen molar-refractivity contribution in [3.05, 3.63) is 63.7 Å². The molecule has 0 aliphatic heterocycles. The molecule has 2 aromatic carbocycles. The van der Waals surface area contributed by atoms with E-state index in [1.807, 2.05) is 30.5 Å². The van der Waals surface area contributed by atoms with E-state index in [-0.39, 0.29) is 12.5 Å². The summed E-state index contributed by atoms with van der Waals surface area (Å²) in [6, 6.07) is 13.4. The lowest BCUT2D eigenvalue weighted by Crippen LogP contribution is -2.30. The highest BCUT2D eigenvalue weighted by Crippen LogP contribution is 2.27. The first-order chi connectivity index (χ1) is 11.6. The largest absolute Gasteiger partial charge is 0.482 e. The number of rotatable bonds is 6. The molecule has 3 aromatic rings. The van der Waals surface area contributed by atoms with E-state index in [0.717, 1.165) is 16.4 Å². The van der Waals surface area contributed by atoms with Gasteiger partial charge in [-0.15, -0.1) is 0 Å². The molecule has 3 rings (SSSR count). The standard InChI is InChI=1S/C18H16BrClN2O2/c19-13-5-6-17(15(20)9-13)24-11-18(23)21-8-7-12-10-22-16-4-2-1-3-14(12)16/h1-6,9-10,22H,7-8,11H2,(H,21,23).